The van der Waals surface area contributed by atoms with Crippen LogP contribution in [0.4, 0.5) is 4.79 Å². The Hall–Kier alpha value is -0.770. The molecule has 2 fully saturated rings. The zero-order valence-electron chi connectivity index (χ0n) is 11.8. The fourth-order valence-electron chi connectivity index (χ4n) is 2.96. The fraction of sp³-hybridized carbons (Fsp3) is 0.929. The maximum atomic E-state index is 11.9. The number of hydrogen-bond acceptors (Lipinski definition) is 2. The number of carbonyl (C=O) groups excluding carboxylic acids is 1. The van der Waals surface area contributed by atoms with Gasteiger partial charge in [-0.05, 0) is 18.8 Å². The summed E-state index contributed by atoms with van der Waals surface area (Å²) in [6, 6.07) is 0.917. The van der Waals surface area contributed by atoms with Gasteiger partial charge in [0.15, 0.2) is 0 Å². The molecule has 0 aromatic rings. The summed E-state index contributed by atoms with van der Waals surface area (Å²) in [5.74, 6) is 0.522. The molecule has 1 saturated heterocycles. The molecule has 0 aromatic carbocycles. The van der Waals surface area contributed by atoms with Crippen molar-refractivity contribution in [3.05, 3.63) is 0 Å². The van der Waals surface area contributed by atoms with Gasteiger partial charge in [0.05, 0.1) is 0 Å². The number of rotatable bonds is 3. The lowest BCUT2D eigenvalue weighted by Crippen LogP contribution is -2.54. The summed E-state index contributed by atoms with van der Waals surface area (Å²) in [7, 11) is 0. The van der Waals surface area contributed by atoms with E-state index in [1.807, 2.05) is 4.90 Å². The highest BCUT2D eigenvalue weighted by molar-refractivity contribution is 5.74. The maximum Gasteiger partial charge on any atom is 0.317 e. The van der Waals surface area contributed by atoms with Crippen LogP contribution in [0.15, 0.2) is 0 Å². The second-order valence-corrected chi connectivity index (χ2v) is 6.04. The van der Waals surface area contributed by atoms with Crippen LogP contribution >= 0.6 is 0 Å². The van der Waals surface area contributed by atoms with Gasteiger partial charge < -0.3 is 10.2 Å². The van der Waals surface area contributed by atoms with Gasteiger partial charge in [0.25, 0.3) is 0 Å². The molecule has 2 amide bonds. The Morgan fingerprint density at radius 2 is 1.78 bits per heavy atom. The first-order chi connectivity index (χ1) is 8.66. The zero-order valence-corrected chi connectivity index (χ0v) is 11.8. The summed E-state index contributed by atoms with van der Waals surface area (Å²) in [6.45, 7) is 8.92. The highest BCUT2D eigenvalue weighted by atomic mass is 16.2. The molecule has 104 valence electrons. The predicted octanol–water partition coefficient (Wildman–Crippen LogP) is 1.91. The Bertz CT molecular complexity index is 266. The van der Waals surface area contributed by atoms with Crippen LogP contribution in [0, 0.1) is 5.92 Å². The number of hydrogen-bond donors (Lipinski definition) is 1. The summed E-state index contributed by atoms with van der Waals surface area (Å²) >= 11 is 0. The first kappa shape index (κ1) is 13.7. The van der Waals surface area contributed by atoms with Gasteiger partial charge in [-0.1, -0.05) is 26.7 Å². The largest absolute Gasteiger partial charge is 0.338 e. The van der Waals surface area contributed by atoms with E-state index in [0.29, 0.717) is 5.92 Å². The topological polar surface area (TPSA) is 35.6 Å². The Balaban J connectivity index is 1.70. The van der Waals surface area contributed by atoms with Crippen LogP contribution in [-0.4, -0.2) is 54.6 Å². The van der Waals surface area contributed by atoms with Crippen molar-refractivity contribution in [2.75, 3.05) is 32.7 Å². The summed E-state index contributed by atoms with van der Waals surface area (Å²) in [5.41, 5.74) is 0. The number of nitrogens with zero attached hydrogens (tertiary/aromatic N) is 2. The molecule has 0 radical (unpaired) electrons. The van der Waals surface area contributed by atoms with E-state index in [1.165, 1.54) is 25.7 Å². The molecule has 1 N–H and O–H groups in total. The predicted molar refractivity (Wildman–Crippen MR) is 73.6 cm³/mol. The minimum absolute atomic E-state index is 0.120. The van der Waals surface area contributed by atoms with E-state index in [-0.39, 0.29) is 6.03 Å². The van der Waals surface area contributed by atoms with Gasteiger partial charge in [-0.25, -0.2) is 4.79 Å². The smallest absolute Gasteiger partial charge is 0.317 e. The molecule has 4 heteroatoms. The molecule has 1 aliphatic heterocycles. The fourth-order valence-corrected chi connectivity index (χ4v) is 2.96. The van der Waals surface area contributed by atoms with E-state index in [0.717, 1.165) is 38.8 Å². The molecular weight excluding hydrogens is 226 g/mol. The zero-order chi connectivity index (χ0) is 13.0. The molecule has 1 heterocycles. The first-order valence-corrected chi connectivity index (χ1v) is 7.43. The third kappa shape index (κ3) is 3.61. The standard InChI is InChI=1S/C14H27N3O/c1-12(2)11-15-14(18)17-9-7-16(8-10-17)13-5-3-4-6-13/h12-13H,3-11H2,1-2H3,(H,15,18). The van der Waals surface area contributed by atoms with Gasteiger partial charge in [-0.15, -0.1) is 0 Å². The maximum absolute atomic E-state index is 11.9. The van der Waals surface area contributed by atoms with Crippen molar-refractivity contribution in [2.24, 2.45) is 5.92 Å². The lowest BCUT2D eigenvalue weighted by atomic mass is 10.2. The van der Waals surface area contributed by atoms with Crippen molar-refractivity contribution >= 4 is 6.03 Å². The highest BCUT2D eigenvalue weighted by Crippen LogP contribution is 2.24. The first-order valence-electron chi connectivity index (χ1n) is 7.43. The third-order valence-corrected chi connectivity index (χ3v) is 4.10. The van der Waals surface area contributed by atoms with Crippen molar-refractivity contribution in [3.8, 4) is 0 Å². The molecule has 1 aliphatic carbocycles. The normalized spacial score (nSPS) is 22.7. The van der Waals surface area contributed by atoms with E-state index in [4.69, 9.17) is 0 Å². The Morgan fingerprint density at radius 1 is 1.17 bits per heavy atom. The van der Waals surface area contributed by atoms with Crippen LogP contribution in [-0.2, 0) is 0 Å². The molecule has 0 aromatic heterocycles. The van der Waals surface area contributed by atoms with Crippen molar-refractivity contribution in [1.29, 1.82) is 0 Å². The van der Waals surface area contributed by atoms with Gasteiger partial charge in [0.2, 0.25) is 0 Å². The minimum Gasteiger partial charge on any atom is -0.338 e. The van der Waals surface area contributed by atoms with Gasteiger partial charge >= 0.3 is 6.03 Å². The van der Waals surface area contributed by atoms with E-state index >= 15 is 0 Å². The summed E-state index contributed by atoms with van der Waals surface area (Å²) in [6.07, 6.45) is 5.50. The summed E-state index contributed by atoms with van der Waals surface area (Å²) < 4.78 is 0. The Kier molecular flexibility index (Phi) is 4.87. The van der Waals surface area contributed by atoms with Crippen molar-refractivity contribution in [2.45, 2.75) is 45.6 Å². The van der Waals surface area contributed by atoms with Crippen molar-refractivity contribution in [3.63, 3.8) is 0 Å². The monoisotopic (exact) mass is 253 g/mol. The number of urea groups is 1. The molecule has 2 rings (SSSR count). The van der Waals surface area contributed by atoms with Crippen LogP contribution < -0.4 is 5.32 Å². The third-order valence-electron chi connectivity index (χ3n) is 4.10. The van der Waals surface area contributed by atoms with Crippen LogP contribution in [0.25, 0.3) is 0 Å². The second-order valence-electron chi connectivity index (χ2n) is 6.04. The molecule has 18 heavy (non-hydrogen) atoms. The Morgan fingerprint density at radius 3 is 2.33 bits per heavy atom. The van der Waals surface area contributed by atoms with Crippen LogP contribution in [0.2, 0.25) is 0 Å². The molecule has 0 bridgehead atoms. The minimum atomic E-state index is 0.120. The molecule has 0 unspecified atom stereocenters. The van der Waals surface area contributed by atoms with Gasteiger partial charge in [-0.3, -0.25) is 4.90 Å². The quantitative estimate of drug-likeness (QED) is 0.834. The van der Waals surface area contributed by atoms with Crippen LogP contribution in [0.1, 0.15) is 39.5 Å². The summed E-state index contributed by atoms with van der Waals surface area (Å²) in [4.78, 5) is 16.5. The molecule has 0 atom stereocenters. The number of amides is 2. The van der Waals surface area contributed by atoms with Gasteiger partial charge in [-0.2, -0.15) is 0 Å². The van der Waals surface area contributed by atoms with E-state index in [9.17, 15) is 4.79 Å². The Labute approximate surface area is 111 Å². The molecular formula is C14H27N3O. The van der Waals surface area contributed by atoms with Crippen molar-refractivity contribution in [1.82, 2.24) is 15.1 Å². The SMILES string of the molecule is CC(C)CNC(=O)N1CCN(C2CCCC2)CC1. The van der Waals surface area contributed by atoms with E-state index in [2.05, 4.69) is 24.1 Å². The van der Waals surface area contributed by atoms with Crippen LogP contribution in [0.3, 0.4) is 0 Å². The number of piperazine rings is 1. The lowest BCUT2D eigenvalue weighted by molar-refractivity contribution is 0.109. The van der Waals surface area contributed by atoms with Gasteiger partial charge in [0.1, 0.15) is 0 Å². The van der Waals surface area contributed by atoms with Crippen LogP contribution in [0.5, 0.6) is 0 Å². The molecule has 0 spiro atoms. The van der Waals surface area contributed by atoms with Gasteiger partial charge in [0, 0.05) is 38.8 Å². The number of nitrogens with one attached hydrogen (secondary N) is 1. The highest BCUT2D eigenvalue weighted by Gasteiger charge is 2.27. The number of carbonyl (C=O) groups is 1. The average molecular weight is 253 g/mol. The summed E-state index contributed by atoms with van der Waals surface area (Å²) in [5, 5.41) is 3.00. The van der Waals surface area contributed by atoms with Crippen molar-refractivity contribution < 1.29 is 4.79 Å². The molecule has 1 saturated carbocycles. The van der Waals surface area contributed by atoms with E-state index < -0.39 is 0 Å². The lowest BCUT2D eigenvalue weighted by Gasteiger charge is -2.38. The second kappa shape index (κ2) is 6.41. The van der Waals surface area contributed by atoms with E-state index in [1.54, 1.807) is 0 Å². The molecule has 4 nitrogen and oxygen atoms in total. The average Bonchev–Trinajstić information content (AvgIpc) is 2.90. The molecule has 2 aliphatic rings.